The summed E-state index contributed by atoms with van der Waals surface area (Å²) in [5, 5.41) is 9.36. The first-order chi connectivity index (χ1) is 11.3. The van der Waals surface area contributed by atoms with Crippen molar-refractivity contribution in [2.75, 3.05) is 20.2 Å². The van der Waals surface area contributed by atoms with E-state index in [-0.39, 0.29) is 28.6 Å². The number of ether oxygens (including phenoxy) is 1. The number of likely N-dealkylation sites (N-methyl/N-ethyl adjacent to an activating group) is 1. The van der Waals surface area contributed by atoms with Crippen LogP contribution in [0.25, 0.3) is 0 Å². The van der Waals surface area contributed by atoms with E-state index in [2.05, 4.69) is 0 Å². The van der Waals surface area contributed by atoms with Crippen molar-refractivity contribution in [3.05, 3.63) is 58.6 Å². The van der Waals surface area contributed by atoms with Gasteiger partial charge < -0.3 is 4.74 Å². The van der Waals surface area contributed by atoms with Crippen LogP contribution >= 0.6 is 11.6 Å². The molecule has 0 saturated heterocycles. The molecule has 24 heavy (non-hydrogen) atoms. The van der Waals surface area contributed by atoms with Gasteiger partial charge in [0.05, 0.1) is 5.56 Å². The molecule has 5 nitrogen and oxygen atoms in total. The first kappa shape index (κ1) is 18.3. The Morgan fingerprint density at radius 3 is 2.50 bits per heavy atom. The zero-order valence-electron chi connectivity index (χ0n) is 13.4. The minimum atomic E-state index is -3.82. The second kappa shape index (κ2) is 7.67. The van der Waals surface area contributed by atoms with Gasteiger partial charge in [-0.05, 0) is 37.3 Å². The van der Waals surface area contributed by atoms with Gasteiger partial charge in [-0.25, -0.2) is 8.42 Å². The maximum Gasteiger partial charge on any atom is 0.244 e. The summed E-state index contributed by atoms with van der Waals surface area (Å²) in [5.41, 5.74) is 1.18. The largest absolute Gasteiger partial charge is 0.492 e. The van der Waals surface area contributed by atoms with Crippen molar-refractivity contribution in [3.8, 4) is 11.8 Å². The second-order valence-corrected chi connectivity index (χ2v) is 7.69. The summed E-state index contributed by atoms with van der Waals surface area (Å²) in [6, 6.07) is 13.5. The molecule has 2 aromatic carbocycles. The normalized spacial score (nSPS) is 11.3. The van der Waals surface area contributed by atoms with E-state index >= 15 is 0 Å². The van der Waals surface area contributed by atoms with E-state index in [1.807, 2.05) is 37.3 Å². The van der Waals surface area contributed by atoms with Crippen LogP contribution in [0.1, 0.15) is 11.1 Å². The molecule has 0 aliphatic heterocycles. The van der Waals surface area contributed by atoms with Crippen molar-refractivity contribution < 1.29 is 13.2 Å². The van der Waals surface area contributed by atoms with Gasteiger partial charge in [0, 0.05) is 18.6 Å². The number of hydrogen-bond donors (Lipinski definition) is 0. The van der Waals surface area contributed by atoms with Crippen molar-refractivity contribution in [3.63, 3.8) is 0 Å². The molecule has 0 radical (unpaired) electrons. The quantitative estimate of drug-likeness (QED) is 0.789. The summed E-state index contributed by atoms with van der Waals surface area (Å²) < 4.78 is 31.9. The summed E-state index contributed by atoms with van der Waals surface area (Å²) in [5.74, 6) is 0.673. The molecule has 126 valence electrons. The Hall–Kier alpha value is -2.07. The number of nitriles is 1. The summed E-state index contributed by atoms with van der Waals surface area (Å²) >= 11 is 5.86. The van der Waals surface area contributed by atoms with E-state index in [9.17, 15) is 8.42 Å². The molecule has 0 bridgehead atoms. The van der Waals surface area contributed by atoms with Gasteiger partial charge in [-0.1, -0.05) is 29.3 Å². The number of sulfonamides is 1. The lowest BCUT2D eigenvalue weighted by molar-refractivity contribution is 0.287. The van der Waals surface area contributed by atoms with E-state index in [0.717, 1.165) is 9.87 Å². The zero-order valence-corrected chi connectivity index (χ0v) is 14.9. The molecular formula is C17H17ClN2O3S. The highest BCUT2D eigenvalue weighted by molar-refractivity contribution is 7.89. The molecule has 0 heterocycles. The molecule has 0 aliphatic carbocycles. The second-order valence-electron chi connectivity index (χ2n) is 5.24. The summed E-state index contributed by atoms with van der Waals surface area (Å²) in [6.45, 7) is 2.32. The third-order valence-corrected chi connectivity index (χ3v) is 5.58. The Balaban J connectivity index is 2.08. The molecule has 0 amide bonds. The maximum atomic E-state index is 12.6. The SMILES string of the molecule is Cc1ccc(OCCN(C)S(=O)(=O)c2cc(Cl)ccc2C#N)cc1. The number of benzene rings is 2. The first-order valence-electron chi connectivity index (χ1n) is 7.20. The molecule has 0 aromatic heterocycles. The number of halogens is 1. The summed E-state index contributed by atoms with van der Waals surface area (Å²) in [4.78, 5) is -0.102. The fourth-order valence-electron chi connectivity index (χ4n) is 2.02. The van der Waals surface area contributed by atoms with Crippen LogP contribution in [0.5, 0.6) is 5.75 Å². The maximum absolute atomic E-state index is 12.6. The zero-order chi connectivity index (χ0) is 17.7. The molecule has 7 heteroatoms. The Bertz CT molecular complexity index is 858. The molecular weight excluding hydrogens is 348 g/mol. The lowest BCUT2D eigenvalue weighted by Gasteiger charge is -2.18. The first-order valence-corrected chi connectivity index (χ1v) is 9.02. The van der Waals surface area contributed by atoms with E-state index in [1.165, 1.54) is 25.2 Å². The van der Waals surface area contributed by atoms with Crippen molar-refractivity contribution in [2.45, 2.75) is 11.8 Å². The van der Waals surface area contributed by atoms with Gasteiger partial charge in [-0.15, -0.1) is 0 Å². The van der Waals surface area contributed by atoms with Crippen LogP contribution in [-0.2, 0) is 10.0 Å². The van der Waals surface area contributed by atoms with Crippen molar-refractivity contribution in [1.82, 2.24) is 4.31 Å². The minimum absolute atomic E-state index is 0.0608. The van der Waals surface area contributed by atoms with Gasteiger partial charge in [0.25, 0.3) is 0 Å². The van der Waals surface area contributed by atoms with Gasteiger partial charge in [-0.2, -0.15) is 9.57 Å². The number of hydrogen-bond acceptors (Lipinski definition) is 4. The van der Waals surface area contributed by atoms with Crippen LogP contribution in [0.4, 0.5) is 0 Å². The average Bonchev–Trinajstić information content (AvgIpc) is 2.56. The van der Waals surface area contributed by atoms with Gasteiger partial charge in [0.2, 0.25) is 10.0 Å². The lowest BCUT2D eigenvalue weighted by atomic mass is 10.2. The number of nitrogens with zero attached hydrogens (tertiary/aromatic N) is 2. The van der Waals surface area contributed by atoms with E-state index in [0.29, 0.717) is 5.75 Å². The van der Waals surface area contributed by atoms with Crippen LogP contribution in [0, 0.1) is 18.3 Å². The smallest absolute Gasteiger partial charge is 0.244 e. The molecule has 0 saturated carbocycles. The van der Waals surface area contributed by atoms with E-state index in [4.69, 9.17) is 21.6 Å². The van der Waals surface area contributed by atoms with Crippen LogP contribution < -0.4 is 4.74 Å². The average molecular weight is 365 g/mol. The third kappa shape index (κ3) is 4.26. The molecule has 2 aromatic rings. The molecule has 0 atom stereocenters. The van der Waals surface area contributed by atoms with Crippen LogP contribution in [0.2, 0.25) is 5.02 Å². The molecule has 0 fully saturated rings. The van der Waals surface area contributed by atoms with Crippen molar-refractivity contribution in [1.29, 1.82) is 5.26 Å². The molecule has 0 unspecified atom stereocenters. The lowest BCUT2D eigenvalue weighted by Crippen LogP contribution is -2.31. The summed E-state index contributed by atoms with van der Waals surface area (Å²) in [7, 11) is -2.38. The van der Waals surface area contributed by atoms with Crippen molar-refractivity contribution in [2.24, 2.45) is 0 Å². The van der Waals surface area contributed by atoms with Crippen molar-refractivity contribution >= 4 is 21.6 Å². The third-order valence-electron chi connectivity index (χ3n) is 3.45. The highest BCUT2D eigenvalue weighted by atomic mass is 35.5. The van der Waals surface area contributed by atoms with Gasteiger partial charge in [0.15, 0.2) is 0 Å². The van der Waals surface area contributed by atoms with E-state index < -0.39 is 10.0 Å². The topological polar surface area (TPSA) is 70.4 Å². The Morgan fingerprint density at radius 2 is 1.88 bits per heavy atom. The predicted molar refractivity (Wildman–Crippen MR) is 92.7 cm³/mol. The molecule has 2 rings (SSSR count). The molecule has 0 N–H and O–H groups in total. The fraction of sp³-hybridized carbons (Fsp3) is 0.235. The monoisotopic (exact) mass is 364 g/mol. The molecule has 0 spiro atoms. The number of aryl methyl sites for hydroxylation is 1. The van der Waals surface area contributed by atoms with Gasteiger partial charge in [-0.3, -0.25) is 0 Å². The summed E-state index contributed by atoms with van der Waals surface area (Å²) in [6.07, 6.45) is 0. The van der Waals surface area contributed by atoms with Gasteiger partial charge in [0.1, 0.15) is 23.3 Å². The minimum Gasteiger partial charge on any atom is -0.492 e. The van der Waals surface area contributed by atoms with Crippen LogP contribution in [-0.4, -0.2) is 32.9 Å². The van der Waals surface area contributed by atoms with E-state index in [1.54, 1.807) is 0 Å². The van der Waals surface area contributed by atoms with Crippen LogP contribution in [0.3, 0.4) is 0 Å². The molecule has 0 aliphatic rings. The standard InChI is InChI=1S/C17H17ClN2O3S/c1-13-3-7-16(8-4-13)23-10-9-20(2)24(21,22)17-11-15(18)6-5-14(17)12-19/h3-8,11H,9-10H2,1-2H3. The number of rotatable bonds is 6. The highest BCUT2D eigenvalue weighted by Crippen LogP contribution is 2.23. The Kier molecular flexibility index (Phi) is 5.84. The highest BCUT2D eigenvalue weighted by Gasteiger charge is 2.24. The Labute approximate surface area is 147 Å². The predicted octanol–water partition coefficient (Wildman–Crippen LogP) is 3.22. The van der Waals surface area contributed by atoms with Gasteiger partial charge >= 0.3 is 0 Å². The fourth-order valence-corrected chi connectivity index (χ4v) is 3.57. The Morgan fingerprint density at radius 1 is 1.21 bits per heavy atom. The van der Waals surface area contributed by atoms with Crippen LogP contribution in [0.15, 0.2) is 47.4 Å².